The first kappa shape index (κ1) is 9.85. The number of nitrogens with zero attached hydrogens (tertiary/aromatic N) is 3. The van der Waals surface area contributed by atoms with Crippen LogP contribution < -0.4 is 0 Å². The van der Waals surface area contributed by atoms with Gasteiger partial charge in [-0.05, 0) is 18.3 Å². The molecular weight excluding hydrogens is 242 g/mol. The SMILES string of the molecule is O=[N+]([O-])c1ccc2[nH]c3nc(=S)[nH]nc3c2c1. The summed E-state index contributed by atoms with van der Waals surface area (Å²) in [5.41, 5.74) is 1.81. The highest BCUT2D eigenvalue weighted by atomic mass is 32.1. The molecule has 0 amide bonds. The smallest absolute Gasteiger partial charge is 0.270 e. The van der Waals surface area contributed by atoms with Crippen molar-refractivity contribution in [2.24, 2.45) is 0 Å². The van der Waals surface area contributed by atoms with E-state index in [9.17, 15) is 10.1 Å². The molecule has 0 aliphatic rings. The fourth-order valence-electron chi connectivity index (χ4n) is 1.69. The van der Waals surface area contributed by atoms with Crippen LogP contribution in [0.4, 0.5) is 5.69 Å². The second-order valence-corrected chi connectivity index (χ2v) is 3.84. The highest BCUT2D eigenvalue weighted by Gasteiger charge is 2.11. The molecule has 0 spiro atoms. The lowest BCUT2D eigenvalue weighted by Gasteiger charge is -1.91. The molecule has 0 saturated carbocycles. The van der Waals surface area contributed by atoms with Crippen LogP contribution in [0.1, 0.15) is 0 Å². The first-order valence-corrected chi connectivity index (χ1v) is 5.08. The largest absolute Gasteiger partial charge is 0.338 e. The molecule has 1 aromatic carbocycles. The lowest BCUT2D eigenvalue weighted by atomic mass is 10.2. The Labute approximate surface area is 98.6 Å². The van der Waals surface area contributed by atoms with E-state index in [1.54, 1.807) is 6.07 Å². The minimum atomic E-state index is -0.448. The van der Waals surface area contributed by atoms with Crippen LogP contribution in [-0.4, -0.2) is 25.1 Å². The van der Waals surface area contributed by atoms with Crippen molar-refractivity contribution in [2.45, 2.75) is 0 Å². The lowest BCUT2D eigenvalue weighted by molar-refractivity contribution is -0.384. The zero-order chi connectivity index (χ0) is 12.0. The van der Waals surface area contributed by atoms with Gasteiger partial charge >= 0.3 is 0 Å². The minimum absolute atomic E-state index is 0.0163. The Kier molecular flexibility index (Phi) is 1.92. The van der Waals surface area contributed by atoms with Crippen molar-refractivity contribution < 1.29 is 4.92 Å². The van der Waals surface area contributed by atoms with Crippen molar-refractivity contribution in [3.63, 3.8) is 0 Å². The average Bonchev–Trinajstić information content (AvgIpc) is 2.64. The Bertz CT molecular complexity index is 806. The molecule has 0 atom stereocenters. The number of aromatic nitrogens is 4. The standard InChI is InChI=1S/C9H5N5O2S/c15-14(16)4-1-2-6-5(3-4)7-8(10-6)11-9(17)13-12-7/h1-3H,(H2,10,11,13,17). The zero-order valence-electron chi connectivity index (χ0n) is 8.30. The van der Waals surface area contributed by atoms with E-state index in [0.29, 0.717) is 16.6 Å². The molecule has 3 aromatic rings. The van der Waals surface area contributed by atoms with E-state index in [-0.39, 0.29) is 10.5 Å². The third-order valence-corrected chi connectivity index (χ3v) is 2.61. The van der Waals surface area contributed by atoms with Gasteiger partial charge in [0.25, 0.3) is 5.69 Å². The molecule has 0 saturated heterocycles. The Hall–Kier alpha value is -2.35. The first-order chi connectivity index (χ1) is 8.15. The molecular formula is C9H5N5O2S. The monoisotopic (exact) mass is 247 g/mol. The number of benzene rings is 1. The van der Waals surface area contributed by atoms with Gasteiger partial charge in [0.2, 0.25) is 4.77 Å². The Morgan fingerprint density at radius 3 is 3.00 bits per heavy atom. The van der Waals surface area contributed by atoms with Gasteiger partial charge in [0.05, 0.1) is 4.92 Å². The van der Waals surface area contributed by atoms with Gasteiger partial charge in [0, 0.05) is 23.0 Å². The summed E-state index contributed by atoms with van der Waals surface area (Å²) in [4.78, 5) is 17.3. The summed E-state index contributed by atoms with van der Waals surface area (Å²) in [7, 11) is 0. The molecule has 0 radical (unpaired) electrons. The van der Waals surface area contributed by atoms with E-state index in [1.807, 2.05) is 0 Å². The summed E-state index contributed by atoms with van der Waals surface area (Å²) in [6.45, 7) is 0. The topological polar surface area (TPSA) is 100 Å². The van der Waals surface area contributed by atoms with Gasteiger partial charge in [-0.2, -0.15) is 10.1 Å². The molecule has 7 nitrogen and oxygen atoms in total. The fourth-order valence-corrected chi connectivity index (χ4v) is 1.83. The number of hydrogen-bond donors (Lipinski definition) is 2. The maximum atomic E-state index is 10.7. The molecule has 17 heavy (non-hydrogen) atoms. The van der Waals surface area contributed by atoms with Crippen molar-refractivity contribution in [2.75, 3.05) is 0 Å². The Morgan fingerprint density at radius 2 is 2.24 bits per heavy atom. The molecule has 2 N–H and O–H groups in total. The molecule has 2 heterocycles. The number of non-ortho nitro benzene ring substituents is 1. The summed E-state index contributed by atoms with van der Waals surface area (Å²) in [5.74, 6) is 0. The van der Waals surface area contributed by atoms with E-state index < -0.39 is 4.92 Å². The number of nitro benzene ring substituents is 1. The van der Waals surface area contributed by atoms with Crippen molar-refractivity contribution >= 4 is 40.0 Å². The number of H-pyrrole nitrogens is 2. The second-order valence-electron chi connectivity index (χ2n) is 3.45. The quantitative estimate of drug-likeness (QED) is 0.389. The van der Waals surface area contributed by atoms with Crippen LogP contribution in [0.3, 0.4) is 0 Å². The van der Waals surface area contributed by atoms with Gasteiger partial charge in [0.15, 0.2) is 5.65 Å². The molecule has 8 heteroatoms. The van der Waals surface area contributed by atoms with E-state index in [1.165, 1.54) is 12.1 Å². The molecule has 0 fully saturated rings. The van der Waals surface area contributed by atoms with Crippen LogP contribution in [-0.2, 0) is 0 Å². The van der Waals surface area contributed by atoms with Crippen LogP contribution in [0.2, 0.25) is 0 Å². The predicted molar refractivity (Wildman–Crippen MR) is 63.2 cm³/mol. The van der Waals surface area contributed by atoms with Gasteiger partial charge < -0.3 is 4.98 Å². The molecule has 3 rings (SSSR count). The number of rotatable bonds is 1. The van der Waals surface area contributed by atoms with Crippen LogP contribution in [0.5, 0.6) is 0 Å². The van der Waals surface area contributed by atoms with E-state index in [4.69, 9.17) is 12.2 Å². The summed E-state index contributed by atoms with van der Waals surface area (Å²) in [6.07, 6.45) is 0. The maximum absolute atomic E-state index is 10.7. The Morgan fingerprint density at radius 1 is 1.41 bits per heavy atom. The van der Waals surface area contributed by atoms with Gasteiger partial charge in [-0.3, -0.25) is 15.2 Å². The summed E-state index contributed by atoms with van der Waals surface area (Å²) in [6, 6.07) is 4.51. The summed E-state index contributed by atoms with van der Waals surface area (Å²) >= 11 is 4.85. The Balaban J connectivity index is 2.45. The third-order valence-electron chi connectivity index (χ3n) is 2.42. The van der Waals surface area contributed by atoms with Gasteiger partial charge in [0.1, 0.15) is 5.52 Å². The number of aromatic amines is 2. The molecule has 0 aliphatic heterocycles. The highest BCUT2D eigenvalue weighted by molar-refractivity contribution is 7.71. The molecule has 84 valence electrons. The predicted octanol–water partition coefficient (Wildman–Crippen LogP) is 2.08. The molecule has 0 unspecified atom stereocenters. The number of nitro groups is 1. The van der Waals surface area contributed by atoms with Crippen LogP contribution in [0.15, 0.2) is 18.2 Å². The fraction of sp³-hybridized carbons (Fsp3) is 0. The maximum Gasteiger partial charge on any atom is 0.270 e. The number of hydrogen-bond acceptors (Lipinski definition) is 5. The number of fused-ring (bicyclic) bond motifs is 3. The van der Waals surface area contributed by atoms with Crippen molar-refractivity contribution in [3.05, 3.63) is 33.1 Å². The van der Waals surface area contributed by atoms with Gasteiger partial charge in [-0.1, -0.05) is 0 Å². The molecule has 0 aliphatic carbocycles. The van der Waals surface area contributed by atoms with Crippen LogP contribution >= 0.6 is 12.2 Å². The highest BCUT2D eigenvalue weighted by Crippen LogP contribution is 2.25. The summed E-state index contributed by atoms with van der Waals surface area (Å²) < 4.78 is 0.263. The van der Waals surface area contributed by atoms with Crippen molar-refractivity contribution in [3.8, 4) is 0 Å². The first-order valence-electron chi connectivity index (χ1n) is 4.68. The van der Waals surface area contributed by atoms with Crippen LogP contribution in [0.25, 0.3) is 22.1 Å². The average molecular weight is 247 g/mol. The van der Waals surface area contributed by atoms with Crippen molar-refractivity contribution in [1.29, 1.82) is 0 Å². The molecule has 0 bridgehead atoms. The zero-order valence-corrected chi connectivity index (χ0v) is 9.11. The summed E-state index contributed by atoms with van der Waals surface area (Å²) in [5, 5.41) is 17.9. The number of nitrogens with one attached hydrogen (secondary N) is 2. The lowest BCUT2D eigenvalue weighted by Crippen LogP contribution is -1.87. The van der Waals surface area contributed by atoms with Gasteiger partial charge in [-0.15, -0.1) is 0 Å². The van der Waals surface area contributed by atoms with Gasteiger partial charge in [-0.25, -0.2) is 0 Å². The molecule has 2 aromatic heterocycles. The van der Waals surface area contributed by atoms with Crippen LogP contribution in [0, 0.1) is 14.9 Å². The van der Waals surface area contributed by atoms with E-state index in [0.717, 1.165) is 5.52 Å². The minimum Gasteiger partial charge on any atom is -0.338 e. The van der Waals surface area contributed by atoms with Crippen molar-refractivity contribution in [1.82, 2.24) is 20.2 Å². The van der Waals surface area contributed by atoms with E-state index >= 15 is 0 Å². The second kappa shape index (κ2) is 3.32. The van der Waals surface area contributed by atoms with E-state index in [2.05, 4.69) is 20.2 Å². The normalized spacial score (nSPS) is 11.1. The third kappa shape index (κ3) is 1.46.